The number of hydrogen-bond acceptors (Lipinski definition) is 4. The largest absolute Gasteiger partial charge is 0.378 e. The molecule has 1 fully saturated rings. The van der Waals surface area contributed by atoms with Gasteiger partial charge in [0.05, 0.1) is 18.8 Å². The maximum Gasteiger partial charge on any atom is 0.237 e. The highest BCUT2D eigenvalue weighted by Crippen LogP contribution is 2.15. The third-order valence-corrected chi connectivity index (χ3v) is 3.82. The van der Waals surface area contributed by atoms with Crippen molar-refractivity contribution in [1.82, 2.24) is 10.2 Å². The number of amides is 1. The molecule has 5 nitrogen and oxygen atoms in total. The van der Waals surface area contributed by atoms with E-state index in [0.717, 1.165) is 39.1 Å². The molecule has 0 aromatic rings. The summed E-state index contributed by atoms with van der Waals surface area (Å²) in [5, 5.41) is 3.02. The summed E-state index contributed by atoms with van der Waals surface area (Å²) < 4.78 is 5.46. The van der Waals surface area contributed by atoms with Crippen LogP contribution in [0.25, 0.3) is 0 Å². The second-order valence-corrected chi connectivity index (χ2v) is 4.87. The number of rotatable bonds is 6. The van der Waals surface area contributed by atoms with Crippen molar-refractivity contribution >= 4 is 5.91 Å². The van der Waals surface area contributed by atoms with Crippen LogP contribution >= 0.6 is 0 Å². The monoisotopic (exact) mass is 243 g/mol. The zero-order valence-corrected chi connectivity index (χ0v) is 11.2. The summed E-state index contributed by atoms with van der Waals surface area (Å²) >= 11 is 0. The summed E-state index contributed by atoms with van der Waals surface area (Å²) in [4.78, 5) is 13.8. The van der Waals surface area contributed by atoms with E-state index in [1.807, 2.05) is 6.92 Å². The minimum atomic E-state index is -0.614. The third kappa shape index (κ3) is 3.66. The predicted octanol–water partition coefficient (Wildman–Crippen LogP) is -0.0493. The molecule has 0 radical (unpaired) electrons. The lowest BCUT2D eigenvalue weighted by molar-refractivity contribution is -0.124. The van der Waals surface area contributed by atoms with Gasteiger partial charge in [0.2, 0.25) is 5.91 Å². The second kappa shape index (κ2) is 6.33. The number of nitrogens with two attached hydrogens (primary N) is 1. The molecule has 17 heavy (non-hydrogen) atoms. The van der Waals surface area contributed by atoms with Gasteiger partial charge in [-0.1, -0.05) is 6.92 Å². The fourth-order valence-corrected chi connectivity index (χ4v) is 2.10. The van der Waals surface area contributed by atoms with Crippen LogP contribution < -0.4 is 11.1 Å². The van der Waals surface area contributed by atoms with Gasteiger partial charge in [0.15, 0.2) is 0 Å². The van der Waals surface area contributed by atoms with Crippen LogP contribution in [0, 0.1) is 0 Å². The van der Waals surface area contributed by atoms with Crippen LogP contribution in [0.4, 0.5) is 0 Å². The number of ether oxygens (including phenoxy) is 1. The van der Waals surface area contributed by atoms with Crippen LogP contribution in [0.15, 0.2) is 0 Å². The average Bonchev–Trinajstić information content (AvgIpc) is 2.36. The SMILES string of the molecule is CCC1COCCN1CCC(C)(NC)C(N)=O. The molecule has 1 rings (SSSR count). The first-order valence-corrected chi connectivity index (χ1v) is 6.34. The molecule has 0 spiro atoms. The van der Waals surface area contributed by atoms with E-state index in [4.69, 9.17) is 10.5 Å². The van der Waals surface area contributed by atoms with Crippen molar-refractivity contribution in [3.8, 4) is 0 Å². The number of carbonyl (C=O) groups excluding carboxylic acids is 1. The van der Waals surface area contributed by atoms with Gasteiger partial charge < -0.3 is 15.8 Å². The molecule has 100 valence electrons. The molecule has 0 bridgehead atoms. The summed E-state index contributed by atoms with van der Waals surface area (Å²) in [7, 11) is 1.78. The normalized spacial score (nSPS) is 25.5. The van der Waals surface area contributed by atoms with Gasteiger partial charge in [-0.2, -0.15) is 0 Å². The second-order valence-electron chi connectivity index (χ2n) is 4.87. The van der Waals surface area contributed by atoms with Gasteiger partial charge in [-0.05, 0) is 26.8 Å². The van der Waals surface area contributed by atoms with E-state index >= 15 is 0 Å². The highest BCUT2D eigenvalue weighted by atomic mass is 16.5. The quantitative estimate of drug-likeness (QED) is 0.686. The first kappa shape index (κ1) is 14.4. The summed E-state index contributed by atoms with van der Waals surface area (Å²) in [5.41, 5.74) is 4.81. The Balaban J connectivity index is 2.50. The number of carbonyl (C=O) groups is 1. The summed E-state index contributed by atoms with van der Waals surface area (Å²) in [6.07, 6.45) is 1.81. The van der Waals surface area contributed by atoms with Crippen molar-refractivity contribution in [3.05, 3.63) is 0 Å². The number of morpholine rings is 1. The van der Waals surface area contributed by atoms with Crippen molar-refractivity contribution in [3.63, 3.8) is 0 Å². The van der Waals surface area contributed by atoms with Gasteiger partial charge in [0.1, 0.15) is 0 Å². The first-order valence-electron chi connectivity index (χ1n) is 6.34. The van der Waals surface area contributed by atoms with Crippen LogP contribution in [-0.2, 0) is 9.53 Å². The van der Waals surface area contributed by atoms with Gasteiger partial charge in [0.25, 0.3) is 0 Å². The van der Waals surface area contributed by atoms with Gasteiger partial charge in [0, 0.05) is 19.1 Å². The Hall–Kier alpha value is -0.650. The van der Waals surface area contributed by atoms with Gasteiger partial charge in [-0.25, -0.2) is 0 Å². The molecule has 1 saturated heterocycles. The molecule has 1 amide bonds. The summed E-state index contributed by atoms with van der Waals surface area (Å²) in [5.74, 6) is -0.290. The molecule has 5 heteroatoms. The Morgan fingerprint density at radius 2 is 2.35 bits per heavy atom. The fraction of sp³-hybridized carbons (Fsp3) is 0.917. The molecule has 1 aliphatic heterocycles. The zero-order chi connectivity index (χ0) is 12.9. The van der Waals surface area contributed by atoms with E-state index in [1.54, 1.807) is 7.05 Å². The Morgan fingerprint density at radius 3 is 2.88 bits per heavy atom. The Morgan fingerprint density at radius 1 is 1.65 bits per heavy atom. The van der Waals surface area contributed by atoms with Crippen molar-refractivity contribution in [2.45, 2.75) is 38.3 Å². The highest BCUT2D eigenvalue weighted by molar-refractivity contribution is 5.84. The standard InChI is InChI=1S/C12H25N3O2/c1-4-10-9-17-8-7-15(10)6-5-12(2,14-3)11(13)16/h10,14H,4-9H2,1-3H3,(H2,13,16). The van der Waals surface area contributed by atoms with Crippen molar-refractivity contribution < 1.29 is 9.53 Å². The predicted molar refractivity (Wildman–Crippen MR) is 67.7 cm³/mol. The molecule has 1 aliphatic rings. The topological polar surface area (TPSA) is 67.6 Å². The molecular formula is C12H25N3O2. The lowest BCUT2D eigenvalue weighted by Crippen LogP contribution is -2.54. The first-order chi connectivity index (χ1) is 8.03. The van der Waals surface area contributed by atoms with Gasteiger partial charge in [-0.15, -0.1) is 0 Å². The Labute approximate surface area is 104 Å². The van der Waals surface area contributed by atoms with E-state index in [1.165, 1.54) is 0 Å². The summed E-state index contributed by atoms with van der Waals surface area (Å²) in [6.45, 7) is 7.42. The lowest BCUT2D eigenvalue weighted by Gasteiger charge is -2.37. The van der Waals surface area contributed by atoms with E-state index in [2.05, 4.69) is 17.1 Å². The fourth-order valence-electron chi connectivity index (χ4n) is 2.10. The highest BCUT2D eigenvalue weighted by Gasteiger charge is 2.31. The van der Waals surface area contributed by atoms with E-state index < -0.39 is 5.54 Å². The minimum Gasteiger partial charge on any atom is -0.378 e. The Kier molecular flexibility index (Phi) is 5.36. The van der Waals surface area contributed by atoms with E-state index in [9.17, 15) is 4.79 Å². The van der Waals surface area contributed by atoms with E-state index in [-0.39, 0.29) is 5.91 Å². The molecule has 3 N–H and O–H groups in total. The Bertz CT molecular complexity index is 260. The maximum atomic E-state index is 11.4. The molecular weight excluding hydrogens is 218 g/mol. The van der Waals surface area contributed by atoms with Gasteiger partial charge in [-0.3, -0.25) is 9.69 Å². The number of hydrogen-bond donors (Lipinski definition) is 2. The van der Waals surface area contributed by atoms with Crippen LogP contribution in [-0.4, -0.2) is 55.7 Å². The average molecular weight is 243 g/mol. The van der Waals surface area contributed by atoms with Crippen LogP contribution in [0.3, 0.4) is 0 Å². The molecule has 0 aromatic heterocycles. The number of nitrogens with zero attached hydrogens (tertiary/aromatic N) is 1. The molecule has 0 aromatic carbocycles. The van der Waals surface area contributed by atoms with Crippen molar-refractivity contribution in [2.24, 2.45) is 5.73 Å². The van der Waals surface area contributed by atoms with Crippen LogP contribution in [0.5, 0.6) is 0 Å². The molecule has 2 unspecified atom stereocenters. The van der Waals surface area contributed by atoms with Crippen molar-refractivity contribution in [2.75, 3.05) is 33.4 Å². The smallest absolute Gasteiger partial charge is 0.237 e. The molecule has 2 atom stereocenters. The molecule has 0 aliphatic carbocycles. The van der Waals surface area contributed by atoms with Gasteiger partial charge >= 0.3 is 0 Å². The third-order valence-electron chi connectivity index (χ3n) is 3.82. The lowest BCUT2D eigenvalue weighted by atomic mass is 9.96. The number of nitrogens with one attached hydrogen (secondary N) is 1. The van der Waals surface area contributed by atoms with E-state index in [0.29, 0.717) is 6.04 Å². The summed E-state index contributed by atoms with van der Waals surface area (Å²) in [6, 6.07) is 0.470. The van der Waals surface area contributed by atoms with Crippen LogP contribution in [0.2, 0.25) is 0 Å². The molecule has 1 heterocycles. The zero-order valence-electron chi connectivity index (χ0n) is 11.2. The van der Waals surface area contributed by atoms with Crippen molar-refractivity contribution in [1.29, 1.82) is 0 Å². The van der Waals surface area contributed by atoms with Crippen LogP contribution in [0.1, 0.15) is 26.7 Å². The minimum absolute atomic E-state index is 0.290. The number of likely N-dealkylation sites (N-methyl/N-ethyl adjacent to an activating group) is 1. The number of primary amides is 1. The maximum absolute atomic E-state index is 11.4. The molecule has 0 saturated carbocycles.